The predicted molar refractivity (Wildman–Crippen MR) is 88.5 cm³/mol. The molecule has 1 nitrogen and oxygen atoms in total. The van der Waals surface area contributed by atoms with Crippen LogP contribution in [0.25, 0.3) is 10.1 Å². The summed E-state index contributed by atoms with van der Waals surface area (Å²) < 4.78 is 1.25. The highest BCUT2D eigenvalue weighted by Crippen LogP contribution is 2.35. The summed E-state index contributed by atoms with van der Waals surface area (Å²) in [5.74, 6) is 0. The van der Waals surface area contributed by atoms with E-state index in [1.807, 2.05) is 12.1 Å². The Bertz CT molecular complexity index is 705. The van der Waals surface area contributed by atoms with Crippen LogP contribution in [0, 0.1) is 0 Å². The lowest BCUT2D eigenvalue weighted by atomic mass is 10.1. The van der Waals surface area contributed by atoms with Gasteiger partial charge in [-0.3, -0.25) is 0 Å². The lowest BCUT2D eigenvalue weighted by molar-refractivity contribution is 0.579. The van der Waals surface area contributed by atoms with Crippen molar-refractivity contribution in [3.63, 3.8) is 0 Å². The molecule has 0 aliphatic heterocycles. The first-order valence-electron chi connectivity index (χ1n) is 6.70. The van der Waals surface area contributed by atoms with E-state index in [1.165, 1.54) is 15.1 Å². The van der Waals surface area contributed by atoms with E-state index < -0.39 is 0 Å². The minimum Gasteiger partial charge on any atom is -0.305 e. The normalized spacial score (nSPS) is 12.7. The van der Waals surface area contributed by atoms with E-state index in [1.54, 1.807) is 11.3 Å². The smallest absolute Gasteiger partial charge is 0.0636 e. The maximum Gasteiger partial charge on any atom is 0.0636 e. The molecule has 0 radical (unpaired) electrons. The van der Waals surface area contributed by atoms with Crippen LogP contribution in [-0.4, -0.2) is 0 Å². The fourth-order valence-electron chi connectivity index (χ4n) is 2.28. The SMILES string of the molecule is C[C@H](NCc1sc2ccccc2c1Cl)c1ccccc1. The fourth-order valence-corrected chi connectivity index (χ4v) is 3.73. The fraction of sp³-hybridized carbons (Fsp3) is 0.176. The number of thiophene rings is 1. The van der Waals surface area contributed by atoms with Crippen LogP contribution in [0.5, 0.6) is 0 Å². The van der Waals surface area contributed by atoms with Gasteiger partial charge < -0.3 is 5.32 Å². The molecular weight excluding hydrogens is 286 g/mol. The number of benzene rings is 2. The van der Waals surface area contributed by atoms with Gasteiger partial charge in [0.2, 0.25) is 0 Å². The van der Waals surface area contributed by atoms with Crippen molar-refractivity contribution in [1.82, 2.24) is 5.32 Å². The molecule has 2 aromatic carbocycles. The molecule has 1 aromatic heterocycles. The molecule has 0 spiro atoms. The summed E-state index contributed by atoms with van der Waals surface area (Å²) in [6.45, 7) is 2.98. The summed E-state index contributed by atoms with van der Waals surface area (Å²) in [7, 11) is 0. The Morgan fingerprint density at radius 3 is 2.50 bits per heavy atom. The molecule has 0 aliphatic carbocycles. The largest absolute Gasteiger partial charge is 0.305 e. The molecule has 1 N–H and O–H groups in total. The molecule has 1 heterocycles. The first-order chi connectivity index (χ1) is 9.75. The van der Waals surface area contributed by atoms with E-state index in [-0.39, 0.29) is 0 Å². The second-order valence-electron chi connectivity index (χ2n) is 4.85. The van der Waals surface area contributed by atoms with Gasteiger partial charge in [0.15, 0.2) is 0 Å². The van der Waals surface area contributed by atoms with Crippen LogP contribution in [0.2, 0.25) is 5.02 Å². The molecular formula is C17H16ClNS. The van der Waals surface area contributed by atoms with Crippen LogP contribution in [0.1, 0.15) is 23.4 Å². The monoisotopic (exact) mass is 301 g/mol. The summed E-state index contributed by atoms with van der Waals surface area (Å²) in [6, 6.07) is 19.1. The van der Waals surface area contributed by atoms with E-state index in [4.69, 9.17) is 11.6 Å². The zero-order chi connectivity index (χ0) is 13.9. The van der Waals surface area contributed by atoms with Gasteiger partial charge in [-0.05, 0) is 18.6 Å². The van der Waals surface area contributed by atoms with Crippen molar-refractivity contribution in [2.45, 2.75) is 19.5 Å². The van der Waals surface area contributed by atoms with Gasteiger partial charge in [0, 0.05) is 27.5 Å². The molecule has 0 saturated heterocycles. The molecule has 0 bridgehead atoms. The molecule has 3 aromatic rings. The second kappa shape index (κ2) is 5.96. The second-order valence-corrected chi connectivity index (χ2v) is 6.36. The Labute approximate surface area is 128 Å². The van der Waals surface area contributed by atoms with Gasteiger partial charge >= 0.3 is 0 Å². The highest BCUT2D eigenvalue weighted by atomic mass is 35.5. The average Bonchev–Trinajstić information content (AvgIpc) is 2.83. The molecule has 3 heteroatoms. The van der Waals surface area contributed by atoms with E-state index in [9.17, 15) is 0 Å². The van der Waals surface area contributed by atoms with E-state index in [0.29, 0.717) is 6.04 Å². The van der Waals surface area contributed by atoms with Crippen LogP contribution in [0.4, 0.5) is 0 Å². The molecule has 1 atom stereocenters. The van der Waals surface area contributed by atoms with Crippen LogP contribution < -0.4 is 5.32 Å². The molecule has 0 aliphatic rings. The summed E-state index contributed by atoms with van der Waals surface area (Å²) in [6.07, 6.45) is 0. The lowest BCUT2D eigenvalue weighted by Crippen LogP contribution is -2.17. The van der Waals surface area contributed by atoms with Crippen molar-refractivity contribution in [3.8, 4) is 0 Å². The minimum atomic E-state index is 0.317. The van der Waals surface area contributed by atoms with Crippen molar-refractivity contribution in [1.29, 1.82) is 0 Å². The van der Waals surface area contributed by atoms with Gasteiger partial charge in [-0.15, -0.1) is 11.3 Å². The standard InChI is InChI=1S/C17H16ClNS/c1-12(13-7-3-2-4-8-13)19-11-16-17(18)14-9-5-6-10-15(14)20-16/h2-10,12,19H,11H2,1H3/t12-/m0/s1. The van der Waals surface area contributed by atoms with E-state index in [0.717, 1.165) is 17.0 Å². The Morgan fingerprint density at radius 1 is 1.05 bits per heavy atom. The number of fused-ring (bicyclic) bond motifs is 1. The van der Waals surface area contributed by atoms with E-state index in [2.05, 4.69) is 54.7 Å². The molecule has 102 valence electrons. The van der Waals surface area contributed by atoms with Crippen LogP contribution in [0.3, 0.4) is 0 Å². The predicted octanol–water partition coefficient (Wildman–Crippen LogP) is 5.41. The topological polar surface area (TPSA) is 12.0 Å². The van der Waals surface area contributed by atoms with Gasteiger partial charge in [0.1, 0.15) is 0 Å². The molecule has 20 heavy (non-hydrogen) atoms. The Balaban J connectivity index is 1.76. The zero-order valence-electron chi connectivity index (χ0n) is 11.3. The van der Waals surface area contributed by atoms with Gasteiger partial charge in [-0.2, -0.15) is 0 Å². The molecule has 0 fully saturated rings. The van der Waals surface area contributed by atoms with Crippen LogP contribution >= 0.6 is 22.9 Å². The highest BCUT2D eigenvalue weighted by Gasteiger charge is 2.11. The minimum absolute atomic E-state index is 0.317. The van der Waals surface area contributed by atoms with Crippen molar-refractivity contribution in [2.24, 2.45) is 0 Å². The van der Waals surface area contributed by atoms with Gasteiger partial charge in [0.25, 0.3) is 0 Å². The lowest BCUT2D eigenvalue weighted by Gasteiger charge is -2.13. The summed E-state index contributed by atoms with van der Waals surface area (Å²) in [5.41, 5.74) is 1.30. The Hall–Kier alpha value is -1.35. The van der Waals surface area contributed by atoms with Crippen molar-refractivity contribution in [2.75, 3.05) is 0 Å². The number of rotatable bonds is 4. The van der Waals surface area contributed by atoms with Crippen molar-refractivity contribution < 1.29 is 0 Å². The third kappa shape index (κ3) is 2.73. The molecule has 3 rings (SSSR count). The van der Waals surface area contributed by atoms with Crippen molar-refractivity contribution >= 4 is 33.0 Å². The highest BCUT2D eigenvalue weighted by molar-refractivity contribution is 7.19. The number of hydrogen-bond acceptors (Lipinski definition) is 2. The first-order valence-corrected chi connectivity index (χ1v) is 7.89. The van der Waals surface area contributed by atoms with E-state index >= 15 is 0 Å². The summed E-state index contributed by atoms with van der Waals surface area (Å²) in [4.78, 5) is 1.20. The summed E-state index contributed by atoms with van der Waals surface area (Å²) >= 11 is 8.22. The van der Waals surface area contributed by atoms with Crippen LogP contribution in [0.15, 0.2) is 54.6 Å². The summed E-state index contributed by atoms with van der Waals surface area (Å²) in [5, 5.41) is 5.59. The molecule has 0 amide bonds. The van der Waals surface area contributed by atoms with Gasteiger partial charge in [-0.1, -0.05) is 60.1 Å². The number of nitrogens with one attached hydrogen (secondary N) is 1. The maximum absolute atomic E-state index is 6.46. The van der Waals surface area contributed by atoms with Crippen LogP contribution in [-0.2, 0) is 6.54 Å². The number of hydrogen-bond donors (Lipinski definition) is 1. The van der Waals surface area contributed by atoms with Crippen molar-refractivity contribution in [3.05, 3.63) is 70.1 Å². The average molecular weight is 302 g/mol. The zero-order valence-corrected chi connectivity index (χ0v) is 12.8. The third-order valence-electron chi connectivity index (χ3n) is 3.47. The Kier molecular flexibility index (Phi) is 4.06. The molecule has 0 unspecified atom stereocenters. The van der Waals surface area contributed by atoms with Gasteiger partial charge in [0.05, 0.1) is 5.02 Å². The Morgan fingerprint density at radius 2 is 1.75 bits per heavy atom. The van der Waals surface area contributed by atoms with Gasteiger partial charge in [-0.25, -0.2) is 0 Å². The maximum atomic E-state index is 6.46. The number of halogens is 1. The third-order valence-corrected chi connectivity index (χ3v) is 5.18. The quantitative estimate of drug-likeness (QED) is 0.680. The molecule has 0 saturated carbocycles. The first kappa shape index (κ1) is 13.6.